The predicted octanol–water partition coefficient (Wildman–Crippen LogP) is 1.41. The molecule has 1 aromatic heterocycles. The van der Waals surface area contributed by atoms with Gasteiger partial charge in [-0.15, -0.1) is 10.2 Å². The van der Waals surface area contributed by atoms with Gasteiger partial charge in [-0.25, -0.2) is 0 Å². The molecule has 0 aliphatic heterocycles. The minimum atomic E-state index is 0.589. The van der Waals surface area contributed by atoms with Gasteiger partial charge in [-0.05, 0) is 13.0 Å². The Bertz CT molecular complexity index is 523. The number of anilines is 2. The zero-order valence-electron chi connectivity index (χ0n) is 10.6. The van der Waals surface area contributed by atoms with Gasteiger partial charge >= 0.3 is 0 Å². The van der Waals surface area contributed by atoms with Gasteiger partial charge in [0.25, 0.3) is 0 Å². The van der Waals surface area contributed by atoms with E-state index in [9.17, 15) is 0 Å². The molecule has 0 saturated carbocycles. The molecule has 3 N–H and O–H groups in total. The summed E-state index contributed by atoms with van der Waals surface area (Å²) < 4.78 is 7.30. The predicted molar refractivity (Wildman–Crippen MR) is 70.4 cm³/mol. The van der Waals surface area contributed by atoms with Crippen molar-refractivity contribution in [3.8, 4) is 5.75 Å². The molecule has 6 heteroatoms. The molecule has 96 valence electrons. The highest BCUT2D eigenvalue weighted by atomic mass is 16.5. The topological polar surface area (TPSA) is 78.0 Å². The van der Waals surface area contributed by atoms with Gasteiger partial charge in [0.2, 0.25) is 0 Å². The van der Waals surface area contributed by atoms with Crippen molar-refractivity contribution in [2.75, 3.05) is 17.7 Å². The summed E-state index contributed by atoms with van der Waals surface area (Å²) in [5.41, 5.74) is 7.39. The summed E-state index contributed by atoms with van der Waals surface area (Å²) in [7, 11) is 1.90. The van der Waals surface area contributed by atoms with E-state index in [1.807, 2.05) is 30.7 Å². The normalized spacial score (nSPS) is 10.3. The first-order chi connectivity index (χ1) is 8.69. The Hall–Kier alpha value is -2.24. The van der Waals surface area contributed by atoms with Crippen molar-refractivity contribution in [1.82, 2.24) is 14.8 Å². The molecule has 2 aromatic rings. The van der Waals surface area contributed by atoms with Gasteiger partial charge in [0, 0.05) is 30.6 Å². The van der Waals surface area contributed by atoms with E-state index in [0.717, 1.165) is 17.3 Å². The molecule has 0 amide bonds. The van der Waals surface area contributed by atoms with Gasteiger partial charge in [-0.3, -0.25) is 0 Å². The van der Waals surface area contributed by atoms with Crippen LogP contribution in [0.25, 0.3) is 0 Å². The molecule has 0 aliphatic carbocycles. The molecule has 0 radical (unpaired) electrons. The van der Waals surface area contributed by atoms with Gasteiger partial charge in [-0.2, -0.15) is 0 Å². The van der Waals surface area contributed by atoms with Crippen LogP contribution in [0.2, 0.25) is 0 Å². The number of nitrogens with zero attached hydrogens (tertiary/aromatic N) is 3. The van der Waals surface area contributed by atoms with E-state index in [1.165, 1.54) is 0 Å². The minimum Gasteiger partial charge on any atom is -0.494 e. The molecule has 0 bridgehead atoms. The summed E-state index contributed by atoms with van der Waals surface area (Å²) in [5.74, 6) is 1.62. The van der Waals surface area contributed by atoms with Gasteiger partial charge in [0.05, 0.1) is 13.2 Å². The first-order valence-corrected chi connectivity index (χ1v) is 5.79. The van der Waals surface area contributed by atoms with Crippen molar-refractivity contribution in [1.29, 1.82) is 0 Å². The van der Waals surface area contributed by atoms with Crippen LogP contribution >= 0.6 is 0 Å². The van der Waals surface area contributed by atoms with Crippen LogP contribution in [-0.2, 0) is 13.6 Å². The zero-order chi connectivity index (χ0) is 13.0. The maximum atomic E-state index is 5.82. The summed E-state index contributed by atoms with van der Waals surface area (Å²) in [6.07, 6.45) is 1.67. The molecule has 0 spiro atoms. The van der Waals surface area contributed by atoms with Crippen LogP contribution in [0.5, 0.6) is 5.75 Å². The van der Waals surface area contributed by atoms with Crippen LogP contribution in [-0.4, -0.2) is 21.4 Å². The number of ether oxygens (including phenoxy) is 1. The highest BCUT2D eigenvalue weighted by Crippen LogP contribution is 2.22. The maximum absolute atomic E-state index is 5.82. The summed E-state index contributed by atoms with van der Waals surface area (Å²) in [4.78, 5) is 0. The number of nitrogens with one attached hydrogen (secondary N) is 1. The fourth-order valence-electron chi connectivity index (χ4n) is 1.62. The second-order valence-electron chi connectivity index (χ2n) is 3.94. The van der Waals surface area contributed by atoms with E-state index in [4.69, 9.17) is 10.5 Å². The fourth-order valence-corrected chi connectivity index (χ4v) is 1.62. The quantitative estimate of drug-likeness (QED) is 0.781. The third-order valence-electron chi connectivity index (χ3n) is 2.50. The van der Waals surface area contributed by atoms with Gasteiger partial charge in [0.15, 0.2) is 5.82 Å². The Morgan fingerprint density at radius 2 is 2.22 bits per heavy atom. The van der Waals surface area contributed by atoms with E-state index in [0.29, 0.717) is 18.8 Å². The van der Waals surface area contributed by atoms with Gasteiger partial charge in [-0.1, -0.05) is 0 Å². The number of nitrogens with two attached hydrogens (primary N) is 1. The van der Waals surface area contributed by atoms with Crippen LogP contribution in [0.4, 0.5) is 11.4 Å². The highest BCUT2D eigenvalue weighted by Gasteiger charge is 2.03. The van der Waals surface area contributed by atoms with Crippen LogP contribution in [0.1, 0.15) is 12.7 Å². The number of aryl methyl sites for hydroxylation is 1. The monoisotopic (exact) mass is 247 g/mol. The number of benzene rings is 1. The lowest BCUT2D eigenvalue weighted by Crippen LogP contribution is -2.06. The SMILES string of the molecule is CCOc1cc(N)cc(NCc2nncn2C)c1. The van der Waals surface area contributed by atoms with Crippen molar-refractivity contribution in [3.63, 3.8) is 0 Å². The number of rotatable bonds is 5. The Morgan fingerprint density at radius 3 is 2.89 bits per heavy atom. The molecule has 0 aliphatic rings. The smallest absolute Gasteiger partial charge is 0.151 e. The van der Waals surface area contributed by atoms with Crippen LogP contribution in [0.3, 0.4) is 0 Å². The average molecular weight is 247 g/mol. The zero-order valence-corrected chi connectivity index (χ0v) is 10.6. The maximum Gasteiger partial charge on any atom is 0.151 e. The molecular formula is C12H17N5O. The largest absolute Gasteiger partial charge is 0.494 e. The lowest BCUT2D eigenvalue weighted by Gasteiger charge is -2.10. The number of hydrogen-bond donors (Lipinski definition) is 2. The molecule has 0 fully saturated rings. The summed E-state index contributed by atoms with van der Waals surface area (Å²) in [5, 5.41) is 11.1. The standard InChI is InChI=1S/C12H17N5O/c1-3-18-11-5-9(13)4-10(6-11)14-7-12-16-15-8-17(12)2/h4-6,8,14H,3,7,13H2,1-2H3. The summed E-state index contributed by atoms with van der Waals surface area (Å²) >= 11 is 0. The van der Waals surface area contributed by atoms with E-state index in [-0.39, 0.29) is 0 Å². The number of hydrogen-bond acceptors (Lipinski definition) is 5. The van der Waals surface area contributed by atoms with E-state index in [2.05, 4.69) is 15.5 Å². The summed E-state index contributed by atoms with van der Waals surface area (Å²) in [6, 6.07) is 5.58. The van der Waals surface area contributed by atoms with Crippen molar-refractivity contribution in [3.05, 3.63) is 30.4 Å². The van der Waals surface area contributed by atoms with E-state index < -0.39 is 0 Å². The molecule has 1 heterocycles. The first-order valence-electron chi connectivity index (χ1n) is 5.79. The molecule has 6 nitrogen and oxygen atoms in total. The van der Waals surface area contributed by atoms with Crippen LogP contribution in [0.15, 0.2) is 24.5 Å². The molecule has 2 rings (SSSR count). The molecule has 1 aromatic carbocycles. The highest BCUT2D eigenvalue weighted by molar-refractivity contribution is 5.59. The van der Waals surface area contributed by atoms with Gasteiger partial charge in [0.1, 0.15) is 12.1 Å². The third-order valence-corrected chi connectivity index (χ3v) is 2.50. The molecule has 0 unspecified atom stereocenters. The summed E-state index contributed by atoms with van der Waals surface area (Å²) in [6.45, 7) is 3.15. The Kier molecular flexibility index (Phi) is 3.66. The van der Waals surface area contributed by atoms with Crippen molar-refractivity contribution < 1.29 is 4.74 Å². The first kappa shape index (κ1) is 12.2. The second-order valence-corrected chi connectivity index (χ2v) is 3.94. The van der Waals surface area contributed by atoms with Gasteiger partial charge < -0.3 is 20.4 Å². The molecular weight excluding hydrogens is 230 g/mol. The lowest BCUT2D eigenvalue weighted by molar-refractivity contribution is 0.340. The third kappa shape index (κ3) is 2.91. The second kappa shape index (κ2) is 5.39. The van der Waals surface area contributed by atoms with Crippen molar-refractivity contribution >= 4 is 11.4 Å². The number of aromatic nitrogens is 3. The van der Waals surface area contributed by atoms with Crippen LogP contribution in [0, 0.1) is 0 Å². The average Bonchev–Trinajstić information content (AvgIpc) is 2.72. The molecule has 0 atom stereocenters. The Morgan fingerprint density at radius 1 is 1.39 bits per heavy atom. The van der Waals surface area contributed by atoms with Crippen molar-refractivity contribution in [2.24, 2.45) is 7.05 Å². The molecule has 18 heavy (non-hydrogen) atoms. The molecule has 0 saturated heterocycles. The van der Waals surface area contributed by atoms with E-state index >= 15 is 0 Å². The fraction of sp³-hybridized carbons (Fsp3) is 0.333. The van der Waals surface area contributed by atoms with Crippen molar-refractivity contribution in [2.45, 2.75) is 13.5 Å². The Balaban J connectivity index is 2.07. The minimum absolute atomic E-state index is 0.589. The number of nitrogen functional groups attached to an aromatic ring is 1. The van der Waals surface area contributed by atoms with E-state index in [1.54, 1.807) is 12.4 Å². The Labute approximate surface area is 106 Å². The lowest BCUT2D eigenvalue weighted by atomic mass is 10.2. The van der Waals surface area contributed by atoms with Crippen LogP contribution < -0.4 is 15.8 Å².